The third-order valence-electron chi connectivity index (χ3n) is 1.54. The van der Waals surface area contributed by atoms with Gasteiger partial charge in [-0.3, -0.25) is 4.98 Å². The van der Waals surface area contributed by atoms with Gasteiger partial charge in [-0.25, -0.2) is 0 Å². The van der Waals surface area contributed by atoms with E-state index in [9.17, 15) is 0 Å². The Kier molecular flexibility index (Phi) is 8.01. The molecule has 0 saturated carbocycles. The lowest BCUT2D eigenvalue weighted by atomic mass is 10.3. The SMILES string of the molecule is CN(C)c1cccnc1CN.Cl.Cl. The first-order valence-electron chi connectivity index (χ1n) is 3.57. The second kappa shape index (κ2) is 6.95. The molecule has 0 aliphatic heterocycles. The van der Waals surface area contributed by atoms with Gasteiger partial charge in [0.05, 0.1) is 11.4 Å². The third kappa shape index (κ3) is 3.81. The predicted octanol–water partition coefficient (Wildman–Crippen LogP) is 1.45. The van der Waals surface area contributed by atoms with E-state index in [1.54, 1.807) is 6.20 Å². The van der Waals surface area contributed by atoms with Crippen molar-refractivity contribution in [3.63, 3.8) is 0 Å². The van der Waals surface area contributed by atoms with Gasteiger partial charge >= 0.3 is 0 Å². The van der Waals surface area contributed by atoms with Crippen molar-refractivity contribution in [2.45, 2.75) is 6.54 Å². The number of pyridine rings is 1. The van der Waals surface area contributed by atoms with Crippen molar-refractivity contribution in [1.82, 2.24) is 4.98 Å². The lowest BCUT2D eigenvalue weighted by molar-refractivity contribution is 0.961. The first-order chi connectivity index (χ1) is 5.25. The van der Waals surface area contributed by atoms with Crippen LogP contribution in [0, 0.1) is 0 Å². The number of hydrogen-bond donors (Lipinski definition) is 1. The quantitative estimate of drug-likeness (QED) is 0.826. The standard InChI is InChI=1S/C8H13N3.2ClH/c1-11(2)8-4-3-5-10-7(8)6-9;;/h3-5H,6,9H2,1-2H3;2*1H. The van der Waals surface area contributed by atoms with Crippen LogP contribution in [0.3, 0.4) is 0 Å². The minimum Gasteiger partial charge on any atom is -0.376 e. The Morgan fingerprint density at radius 2 is 2.00 bits per heavy atom. The van der Waals surface area contributed by atoms with Gasteiger partial charge in [0.1, 0.15) is 0 Å². The van der Waals surface area contributed by atoms with E-state index in [4.69, 9.17) is 5.73 Å². The molecule has 0 spiro atoms. The highest BCUT2D eigenvalue weighted by molar-refractivity contribution is 5.85. The number of halogens is 2. The van der Waals surface area contributed by atoms with E-state index in [1.165, 1.54) is 0 Å². The van der Waals surface area contributed by atoms with Crippen LogP contribution in [0.5, 0.6) is 0 Å². The maximum atomic E-state index is 5.50. The number of hydrogen-bond acceptors (Lipinski definition) is 3. The van der Waals surface area contributed by atoms with Crippen molar-refractivity contribution in [3.05, 3.63) is 24.0 Å². The van der Waals surface area contributed by atoms with E-state index in [0.29, 0.717) is 6.54 Å². The molecular formula is C8H15Cl2N3. The molecule has 0 aliphatic carbocycles. The fourth-order valence-electron chi connectivity index (χ4n) is 0.994. The van der Waals surface area contributed by atoms with Crippen molar-refractivity contribution in [2.24, 2.45) is 5.73 Å². The highest BCUT2D eigenvalue weighted by Crippen LogP contribution is 2.13. The zero-order valence-corrected chi connectivity index (χ0v) is 9.36. The lowest BCUT2D eigenvalue weighted by Gasteiger charge is -2.14. The van der Waals surface area contributed by atoms with Gasteiger partial charge < -0.3 is 10.6 Å². The molecule has 0 aromatic carbocycles. The molecule has 0 fully saturated rings. The van der Waals surface area contributed by atoms with Crippen LogP contribution in [0.15, 0.2) is 18.3 Å². The topological polar surface area (TPSA) is 42.2 Å². The Labute approximate surface area is 91.2 Å². The van der Waals surface area contributed by atoms with E-state index in [0.717, 1.165) is 11.4 Å². The second-order valence-corrected chi connectivity index (χ2v) is 2.57. The minimum atomic E-state index is 0. The van der Waals surface area contributed by atoms with Gasteiger partial charge in [-0.2, -0.15) is 0 Å². The summed E-state index contributed by atoms with van der Waals surface area (Å²) in [5, 5.41) is 0. The summed E-state index contributed by atoms with van der Waals surface area (Å²) in [6.45, 7) is 0.494. The van der Waals surface area contributed by atoms with Gasteiger partial charge in [0, 0.05) is 26.8 Å². The Morgan fingerprint density at radius 1 is 1.38 bits per heavy atom. The Bertz CT molecular complexity index is 241. The Hall–Kier alpha value is -0.510. The van der Waals surface area contributed by atoms with Crippen LogP contribution in [0.1, 0.15) is 5.69 Å². The minimum absolute atomic E-state index is 0. The summed E-state index contributed by atoms with van der Waals surface area (Å²) < 4.78 is 0. The summed E-state index contributed by atoms with van der Waals surface area (Å²) in [7, 11) is 3.96. The summed E-state index contributed by atoms with van der Waals surface area (Å²) in [5.41, 5.74) is 7.53. The van der Waals surface area contributed by atoms with E-state index >= 15 is 0 Å². The Balaban J connectivity index is 0. The molecule has 0 radical (unpaired) electrons. The molecule has 0 atom stereocenters. The van der Waals surface area contributed by atoms with Crippen LogP contribution in [0.4, 0.5) is 5.69 Å². The molecule has 0 amide bonds. The first kappa shape index (κ1) is 15.0. The zero-order chi connectivity index (χ0) is 8.27. The van der Waals surface area contributed by atoms with Gasteiger partial charge in [-0.1, -0.05) is 0 Å². The summed E-state index contributed by atoms with van der Waals surface area (Å²) in [6.07, 6.45) is 1.76. The van der Waals surface area contributed by atoms with Crippen molar-refractivity contribution in [1.29, 1.82) is 0 Å². The molecule has 0 unspecified atom stereocenters. The third-order valence-corrected chi connectivity index (χ3v) is 1.54. The molecule has 3 nitrogen and oxygen atoms in total. The highest BCUT2D eigenvalue weighted by Gasteiger charge is 2.01. The molecule has 5 heteroatoms. The van der Waals surface area contributed by atoms with Gasteiger partial charge in [0.25, 0.3) is 0 Å². The van der Waals surface area contributed by atoms with Crippen LogP contribution in [0.2, 0.25) is 0 Å². The summed E-state index contributed by atoms with van der Waals surface area (Å²) in [6, 6.07) is 3.92. The van der Waals surface area contributed by atoms with Crippen molar-refractivity contribution >= 4 is 30.5 Å². The molecule has 2 N–H and O–H groups in total. The smallest absolute Gasteiger partial charge is 0.0772 e. The molecular weight excluding hydrogens is 209 g/mol. The summed E-state index contributed by atoms with van der Waals surface area (Å²) >= 11 is 0. The molecule has 0 saturated heterocycles. The molecule has 0 bridgehead atoms. The van der Waals surface area contributed by atoms with Gasteiger partial charge in [-0.05, 0) is 12.1 Å². The first-order valence-corrected chi connectivity index (χ1v) is 3.57. The molecule has 1 rings (SSSR count). The monoisotopic (exact) mass is 223 g/mol. The highest BCUT2D eigenvalue weighted by atomic mass is 35.5. The summed E-state index contributed by atoms with van der Waals surface area (Å²) in [5.74, 6) is 0. The van der Waals surface area contributed by atoms with Crippen LogP contribution < -0.4 is 10.6 Å². The van der Waals surface area contributed by atoms with Crippen LogP contribution >= 0.6 is 24.8 Å². The fourth-order valence-corrected chi connectivity index (χ4v) is 0.994. The number of rotatable bonds is 2. The van der Waals surface area contributed by atoms with Gasteiger partial charge in [-0.15, -0.1) is 24.8 Å². The van der Waals surface area contributed by atoms with Gasteiger partial charge in [0.2, 0.25) is 0 Å². The average molecular weight is 224 g/mol. The van der Waals surface area contributed by atoms with Gasteiger partial charge in [0.15, 0.2) is 0 Å². The van der Waals surface area contributed by atoms with Crippen molar-refractivity contribution in [3.8, 4) is 0 Å². The number of nitrogens with two attached hydrogens (primary N) is 1. The van der Waals surface area contributed by atoms with E-state index < -0.39 is 0 Å². The lowest BCUT2D eigenvalue weighted by Crippen LogP contribution is -2.13. The van der Waals surface area contributed by atoms with Crippen molar-refractivity contribution < 1.29 is 0 Å². The molecule has 1 aromatic heterocycles. The van der Waals surface area contributed by atoms with Crippen LogP contribution in [0.25, 0.3) is 0 Å². The van der Waals surface area contributed by atoms with Crippen LogP contribution in [-0.2, 0) is 6.54 Å². The number of nitrogens with zero attached hydrogens (tertiary/aromatic N) is 2. The maximum absolute atomic E-state index is 5.50. The average Bonchev–Trinajstić information content (AvgIpc) is 2.04. The predicted molar refractivity (Wildman–Crippen MR) is 61.0 cm³/mol. The van der Waals surface area contributed by atoms with E-state index in [-0.39, 0.29) is 24.8 Å². The fraction of sp³-hybridized carbons (Fsp3) is 0.375. The number of anilines is 1. The molecule has 76 valence electrons. The second-order valence-electron chi connectivity index (χ2n) is 2.57. The van der Waals surface area contributed by atoms with Crippen LogP contribution in [-0.4, -0.2) is 19.1 Å². The molecule has 13 heavy (non-hydrogen) atoms. The number of aromatic nitrogens is 1. The summed E-state index contributed by atoms with van der Waals surface area (Å²) in [4.78, 5) is 6.16. The normalized spacial score (nSPS) is 8.23. The molecule has 0 aliphatic rings. The Morgan fingerprint density at radius 3 is 2.38 bits per heavy atom. The molecule has 1 aromatic rings. The maximum Gasteiger partial charge on any atom is 0.0772 e. The largest absolute Gasteiger partial charge is 0.376 e. The van der Waals surface area contributed by atoms with E-state index in [1.807, 2.05) is 31.1 Å². The molecule has 1 heterocycles. The van der Waals surface area contributed by atoms with Crippen molar-refractivity contribution in [2.75, 3.05) is 19.0 Å². The van der Waals surface area contributed by atoms with E-state index in [2.05, 4.69) is 4.98 Å². The zero-order valence-electron chi connectivity index (χ0n) is 7.73.